The van der Waals surface area contributed by atoms with Crippen molar-refractivity contribution in [3.63, 3.8) is 0 Å². The van der Waals surface area contributed by atoms with Gasteiger partial charge in [0, 0.05) is 12.8 Å². The van der Waals surface area contributed by atoms with Gasteiger partial charge in [0.1, 0.15) is 0 Å². The molecule has 48 valence electrons. The fourth-order valence-electron chi connectivity index (χ4n) is 0.356. The smallest absolute Gasteiger partial charge is 0.283 e. The summed E-state index contributed by atoms with van der Waals surface area (Å²) < 4.78 is 40.0. The Morgan fingerprint density at radius 2 is 1.88 bits per heavy atom. The quantitative estimate of drug-likeness (QED) is 0.534. The van der Waals surface area contributed by atoms with Crippen molar-refractivity contribution in [1.82, 2.24) is 0 Å². The molecule has 0 spiro atoms. The van der Waals surface area contributed by atoms with Crippen molar-refractivity contribution in [2.45, 2.75) is 17.8 Å². The van der Waals surface area contributed by atoms with Gasteiger partial charge in [0.2, 0.25) is 5.00 Å². The van der Waals surface area contributed by atoms with Crippen LogP contribution in [0.3, 0.4) is 0 Å². The SMILES string of the molecule is O=S(=O)(O)C1(F)CC1. The third-order valence-corrected chi connectivity index (χ3v) is 2.44. The molecule has 0 aromatic heterocycles. The summed E-state index contributed by atoms with van der Waals surface area (Å²) in [6.07, 6.45) is -0.127. The molecule has 1 saturated carbocycles. The lowest BCUT2D eigenvalue weighted by Gasteiger charge is -1.95. The predicted molar refractivity (Wildman–Crippen MR) is 24.6 cm³/mol. The van der Waals surface area contributed by atoms with Crippen LogP contribution in [0.25, 0.3) is 0 Å². The summed E-state index contributed by atoms with van der Waals surface area (Å²) >= 11 is 0. The zero-order chi connectivity index (χ0) is 6.41. The van der Waals surface area contributed by atoms with E-state index < -0.39 is 15.1 Å². The third-order valence-electron chi connectivity index (χ3n) is 1.11. The van der Waals surface area contributed by atoms with Crippen molar-refractivity contribution in [1.29, 1.82) is 0 Å². The Bertz CT molecular complexity index is 191. The van der Waals surface area contributed by atoms with Gasteiger partial charge in [-0.25, -0.2) is 4.39 Å². The molecule has 1 rings (SSSR count). The Morgan fingerprint density at radius 1 is 1.50 bits per heavy atom. The van der Waals surface area contributed by atoms with Crippen molar-refractivity contribution >= 4 is 10.1 Å². The number of hydrogen-bond acceptors (Lipinski definition) is 2. The molecule has 8 heavy (non-hydrogen) atoms. The normalized spacial score (nSPS) is 25.2. The molecule has 1 aliphatic carbocycles. The highest BCUT2D eigenvalue weighted by Crippen LogP contribution is 2.43. The van der Waals surface area contributed by atoms with Gasteiger partial charge in [-0.1, -0.05) is 0 Å². The molecule has 0 bridgehead atoms. The maximum absolute atomic E-state index is 12.2. The summed E-state index contributed by atoms with van der Waals surface area (Å²) in [6.45, 7) is 0. The molecule has 0 aromatic carbocycles. The van der Waals surface area contributed by atoms with E-state index in [4.69, 9.17) is 4.55 Å². The molecule has 0 unspecified atom stereocenters. The Hall–Kier alpha value is -0.160. The second-order valence-corrected chi connectivity index (χ2v) is 3.54. The van der Waals surface area contributed by atoms with Gasteiger partial charge >= 0.3 is 0 Å². The van der Waals surface area contributed by atoms with Gasteiger partial charge in [-0.3, -0.25) is 4.55 Å². The Labute approximate surface area is 46.3 Å². The summed E-state index contributed by atoms with van der Waals surface area (Å²) in [5.74, 6) is 0. The summed E-state index contributed by atoms with van der Waals surface area (Å²) in [7, 11) is -4.40. The largest absolute Gasteiger partial charge is 0.300 e. The van der Waals surface area contributed by atoms with Crippen molar-refractivity contribution in [3.05, 3.63) is 0 Å². The van der Waals surface area contributed by atoms with Crippen molar-refractivity contribution < 1.29 is 17.4 Å². The van der Waals surface area contributed by atoms with E-state index in [1.165, 1.54) is 0 Å². The number of hydrogen-bond donors (Lipinski definition) is 1. The fourth-order valence-corrected chi connectivity index (χ4v) is 0.974. The number of halogens is 1. The average Bonchev–Trinajstić information content (AvgIpc) is 2.16. The van der Waals surface area contributed by atoms with Crippen molar-refractivity contribution in [2.24, 2.45) is 0 Å². The second-order valence-electron chi connectivity index (χ2n) is 1.86. The van der Waals surface area contributed by atoms with E-state index in [2.05, 4.69) is 0 Å². The standard InChI is InChI=1S/C3H5FO3S/c4-3(1-2-3)8(5,6)7/h1-2H2,(H,5,6,7). The minimum atomic E-state index is -4.40. The van der Waals surface area contributed by atoms with Crippen LogP contribution < -0.4 is 0 Å². The van der Waals surface area contributed by atoms with Crippen LogP contribution in [0.15, 0.2) is 0 Å². The highest BCUT2D eigenvalue weighted by Gasteiger charge is 2.55. The molecule has 0 aromatic rings. The van der Waals surface area contributed by atoms with Gasteiger partial charge in [-0.15, -0.1) is 0 Å². The van der Waals surface area contributed by atoms with Crippen LogP contribution in [-0.2, 0) is 10.1 Å². The zero-order valence-electron chi connectivity index (χ0n) is 3.96. The third kappa shape index (κ3) is 0.714. The van der Waals surface area contributed by atoms with Gasteiger partial charge in [-0.05, 0) is 0 Å². The molecule has 0 amide bonds. The summed E-state index contributed by atoms with van der Waals surface area (Å²) in [4.78, 5) is 0. The number of rotatable bonds is 1. The Morgan fingerprint density at radius 3 is 1.88 bits per heavy atom. The van der Waals surface area contributed by atoms with Crippen LogP contribution >= 0.6 is 0 Å². The van der Waals surface area contributed by atoms with Gasteiger partial charge < -0.3 is 0 Å². The fraction of sp³-hybridized carbons (Fsp3) is 1.00. The number of alkyl halides is 1. The van der Waals surface area contributed by atoms with Crippen LogP contribution in [0.5, 0.6) is 0 Å². The van der Waals surface area contributed by atoms with E-state index in [1.807, 2.05) is 0 Å². The molecule has 0 heterocycles. The topological polar surface area (TPSA) is 54.4 Å². The molecule has 3 nitrogen and oxygen atoms in total. The maximum atomic E-state index is 12.2. The summed E-state index contributed by atoms with van der Waals surface area (Å²) in [5, 5.41) is -2.28. The first-order valence-corrected chi connectivity index (χ1v) is 3.56. The van der Waals surface area contributed by atoms with Crippen LogP contribution in [0.2, 0.25) is 0 Å². The molecule has 1 N–H and O–H groups in total. The first-order valence-electron chi connectivity index (χ1n) is 2.12. The minimum Gasteiger partial charge on any atom is -0.283 e. The molecular weight excluding hydrogens is 135 g/mol. The predicted octanol–water partition coefficient (Wildman–Crippen LogP) is 0.334. The molecule has 0 atom stereocenters. The highest BCUT2D eigenvalue weighted by molar-refractivity contribution is 7.87. The lowest BCUT2D eigenvalue weighted by molar-refractivity contribution is 0.358. The summed E-state index contributed by atoms with van der Waals surface area (Å²) in [5.41, 5.74) is 0. The van der Waals surface area contributed by atoms with E-state index in [-0.39, 0.29) is 12.8 Å². The van der Waals surface area contributed by atoms with Crippen LogP contribution in [0.1, 0.15) is 12.8 Å². The lowest BCUT2D eigenvalue weighted by atomic mass is 10.9. The lowest BCUT2D eigenvalue weighted by Crippen LogP contribution is -2.15. The maximum Gasteiger partial charge on any atom is 0.300 e. The summed E-state index contributed by atoms with van der Waals surface area (Å²) in [6, 6.07) is 0. The molecular formula is C3H5FO3S. The molecule has 0 saturated heterocycles. The Balaban J connectivity index is 2.90. The van der Waals surface area contributed by atoms with Gasteiger partial charge in [0.05, 0.1) is 0 Å². The molecule has 1 fully saturated rings. The molecule has 1 aliphatic rings. The minimum absolute atomic E-state index is 0.0637. The zero-order valence-corrected chi connectivity index (χ0v) is 4.78. The van der Waals surface area contributed by atoms with Crippen molar-refractivity contribution in [2.75, 3.05) is 0 Å². The van der Waals surface area contributed by atoms with E-state index in [9.17, 15) is 12.8 Å². The van der Waals surface area contributed by atoms with Crippen LogP contribution in [0.4, 0.5) is 4.39 Å². The van der Waals surface area contributed by atoms with Gasteiger partial charge in [0.15, 0.2) is 0 Å². The van der Waals surface area contributed by atoms with E-state index >= 15 is 0 Å². The first-order chi connectivity index (χ1) is 3.46. The van der Waals surface area contributed by atoms with Crippen LogP contribution in [0, 0.1) is 0 Å². The highest BCUT2D eigenvalue weighted by atomic mass is 32.2. The van der Waals surface area contributed by atoms with Gasteiger partial charge in [-0.2, -0.15) is 8.42 Å². The van der Waals surface area contributed by atoms with E-state index in [0.717, 1.165) is 0 Å². The van der Waals surface area contributed by atoms with Crippen molar-refractivity contribution in [3.8, 4) is 0 Å². The second kappa shape index (κ2) is 1.22. The van der Waals surface area contributed by atoms with E-state index in [0.29, 0.717) is 0 Å². The first kappa shape index (κ1) is 5.97. The van der Waals surface area contributed by atoms with Crippen LogP contribution in [-0.4, -0.2) is 18.0 Å². The van der Waals surface area contributed by atoms with Gasteiger partial charge in [0.25, 0.3) is 10.1 Å². The Kier molecular flexibility index (Phi) is 0.908. The molecule has 0 aliphatic heterocycles. The monoisotopic (exact) mass is 140 g/mol. The average molecular weight is 140 g/mol. The molecule has 5 heteroatoms. The molecule has 0 radical (unpaired) electrons. The van der Waals surface area contributed by atoms with E-state index in [1.54, 1.807) is 0 Å².